The van der Waals surface area contributed by atoms with Crippen LogP contribution >= 0.6 is 0 Å². The van der Waals surface area contributed by atoms with Crippen molar-refractivity contribution in [2.45, 2.75) is 58.5 Å². The highest BCUT2D eigenvalue weighted by molar-refractivity contribution is 5.29. The van der Waals surface area contributed by atoms with E-state index < -0.39 is 0 Å². The lowest BCUT2D eigenvalue weighted by atomic mass is 9.86. The van der Waals surface area contributed by atoms with Gasteiger partial charge in [0.25, 0.3) is 0 Å². The Balaban J connectivity index is 1.98. The molecule has 3 unspecified atom stereocenters. The molecule has 1 aliphatic rings. The molecule has 0 aromatic heterocycles. The third-order valence-corrected chi connectivity index (χ3v) is 4.85. The van der Waals surface area contributed by atoms with Gasteiger partial charge in [0.2, 0.25) is 0 Å². The third-order valence-electron chi connectivity index (χ3n) is 4.85. The van der Waals surface area contributed by atoms with Gasteiger partial charge >= 0.3 is 0 Å². The molecule has 0 radical (unpaired) electrons. The Morgan fingerprint density at radius 3 is 2.33 bits per heavy atom. The van der Waals surface area contributed by atoms with Gasteiger partial charge in [-0.2, -0.15) is 0 Å². The van der Waals surface area contributed by atoms with Crippen molar-refractivity contribution in [2.75, 3.05) is 20.1 Å². The summed E-state index contributed by atoms with van der Waals surface area (Å²) < 4.78 is 0. The molecule has 1 N–H and O–H groups in total. The van der Waals surface area contributed by atoms with E-state index >= 15 is 0 Å². The maximum Gasteiger partial charge on any atom is 0.0294 e. The Kier molecular flexibility index (Phi) is 5.11. The normalized spacial score (nSPS) is 25.8. The first-order valence-electron chi connectivity index (χ1n) is 8.32. The molecule has 0 bridgehead atoms. The fourth-order valence-corrected chi connectivity index (χ4v) is 3.29. The van der Waals surface area contributed by atoms with Crippen LogP contribution < -0.4 is 5.32 Å². The Labute approximate surface area is 130 Å². The predicted molar refractivity (Wildman–Crippen MR) is 91.8 cm³/mol. The number of likely N-dealkylation sites (tertiary alicyclic amines) is 1. The van der Waals surface area contributed by atoms with Gasteiger partial charge < -0.3 is 10.2 Å². The molecule has 1 aliphatic heterocycles. The zero-order chi connectivity index (χ0) is 15.6. The van der Waals surface area contributed by atoms with Crippen LogP contribution in [0.1, 0.15) is 58.2 Å². The van der Waals surface area contributed by atoms with Crippen LogP contribution in [0.25, 0.3) is 0 Å². The highest BCUT2D eigenvalue weighted by Crippen LogP contribution is 2.25. The van der Waals surface area contributed by atoms with Gasteiger partial charge in [0.05, 0.1) is 0 Å². The molecule has 3 atom stereocenters. The van der Waals surface area contributed by atoms with Gasteiger partial charge in [0, 0.05) is 18.6 Å². The highest BCUT2D eigenvalue weighted by Gasteiger charge is 2.25. The molecule has 2 rings (SSSR count). The Morgan fingerprint density at radius 2 is 1.81 bits per heavy atom. The van der Waals surface area contributed by atoms with E-state index in [0.29, 0.717) is 12.1 Å². The van der Waals surface area contributed by atoms with Crippen LogP contribution in [0.3, 0.4) is 0 Å². The summed E-state index contributed by atoms with van der Waals surface area (Å²) in [5.41, 5.74) is 3.04. The van der Waals surface area contributed by atoms with E-state index in [4.69, 9.17) is 0 Å². The molecular weight excluding hydrogens is 256 g/mol. The monoisotopic (exact) mass is 288 g/mol. The van der Waals surface area contributed by atoms with Crippen LogP contribution in [0.2, 0.25) is 0 Å². The average Bonchev–Trinajstić information content (AvgIpc) is 2.41. The first-order valence-corrected chi connectivity index (χ1v) is 8.32. The van der Waals surface area contributed by atoms with E-state index in [0.717, 1.165) is 5.92 Å². The summed E-state index contributed by atoms with van der Waals surface area (Å²) in [4.78, 5) is 2.44. The molecule has 1 heterocycles. The quantitative estimate of drug-likeness (QED) is 0.905. The standard InChI is InChI=1S/C19H32N2/c1-14-13-21(6)12-11-18(14)20-15(2)16-7-9-17(10-8-16)19(3,4)5/h7-10,14-15,18,20H,11-13H2,1-6H3. The molecule has 2 heteroatoms. The van der Waals surface area contributed by atoms with Crippen molar-refractivity contribution in [1.29, 1.82) is 0 Å². The molecule has 21 heavy (non-hydrogen) atoms. The van der Waals surface area contributed by atoms with Crippen molar-refractivity contribution in [1.82, 2.24) is 10.2 Å². The smallest absolute Gasteiger partial charge is 0.0294 e. The zero-order valence-corrected chi connectivity index (χ0v) is 14.6. The number of hydrogen-bond acceptors (Lipinski definition) is 2. The van der Waals surface area contributed by atoms with Crippen molar-refractivity contribution in [3.63, 3.8) is 0 Å². The molecular formula is C19H32N2. The average molecular weight is 288 g/mol. The van der Waals surface area contributed by atoms with Gasteiger partial charge in [-0.15, -0.1) is 0 Å². The highest BCUT2D eigenvalue weighted by atomic mass is 15.1. The second-order valence-electron chi connectivity index (χ2n) is 7.90. The van der Waals surface area contributed by atoms with Crippen LogP contribution in [-0.2, 0) is 5.41 Å². The topological polar surface area (TPSA) is 15.3 Å². The van der Waals surface area contributed by atoms with E-state index in [2.05, 4.69) is 76.1 Å². The SMILES string of the molecule is CC(NC1CCN(C)CC1C)c1ccc(C(C)(C)C)cc1. The minimum absolute atomic E-state index is 0.234. The first kappa shape index (κ1) is 16.5. The number of rotatable bonds is 3. The van der Waals surface area contributed by atoms with E-state index in [1.807, 2.05) is 0 Å². The summed E-state index contributed by atoms with van der Waals surface area (Å²) in [5, 5.41) is 3.84. The van der Waals surface area contributed by atoms with Crippen molar-refractivity contribution in [3.8, 4) is 0 Å². The molecule has 1 saturated heterocycles. The summed E-state index contributed by atoms with van der Waals surface area (Å²) in [6.45, 7) is 13.9. The summed E-state index contributed by atoms with van der Waals surface area (Å²) in [6, 6.07) is 10.2. The van der Waals surface area contributed by atoms with Gasteiger partial charge in [-0.1, -0.05) is 52.0 Å². The Hall–Kier alpha value is -0.860. The lowest BCUT2D eigenvalue weighted by Gasteiger charge is -2.37. The van der Waals surface area contributed by atoms with E-state index in [-0.39, 0.29) is 5.41 Å². The second-order valence-corrected chi connectivity index (χ2v) is 7.90. The van der Waals surface area contributed by atoms with Crippen LogP contribution in [0, 0.1) is 5.92 Å². The lowest BCUT2D eigenvalue weighted by molar-refractivity contribution is 0.168. The molecule has 0 spiro atoms. The van der Waals surface area contributed by atoms with Crippen molar-refractivity contribution >= 4 is 0 Å². The lowest BCUT2D eigenvalue weighted by Crippen LogP contribution is -2.47. The maximum atomic E-state index is 3.84. The molecule has 1 fully saturated rings. The van der Waals surface area contributed by atoms with Crippen LogP contribution in [0.15, 0.2) is 24.3 Å². The summed E-state index contributed by atoms with van der Waals surface area (Å²) in [5.74, 6) is 0.722. The molecule has 0 amide bonds. The zero-order valence-electron chi connectivity index (χ0n) is 14.6. The van der Waals surface area contributed by atoms with Gasteiger partial charge in [-0.3, -0.25) is 0 Å². The molecule has 2 nitrogen and oxygen atoms in total. The van der Waals surface area contributed by atoms with Gasteiger partial charge in [0.15, 0.2) is 0 Å². The molecule has 1 aromatic carbocycles. The third kappa shape index (κ3) is 4.31. The van der Waals surface area contributed by atoms with E-state index in [1.165, 1.54) is 30.6 Å². The van der Waals surface area contributed by atoms with Crippen LogP contribution in [0.5, 0.6) is 0 Å². The largest absolute Gasteiger partial charge is 0.307 e. The van der Waals surface area contributed by atoms with E-state index in [1.54, 1.807) is 0 Å². The fourth-order valence-electron chi connectivity index (χ4n) is 3.29. The van der Waals surface area contributed by atoms with Gasteiger partial charge in [-0.05, 0) is 49.4 Å². The van der Waals surface area contributed by atoms with Gasteiger partial charge in [0.1, 0.15) is 0 Å². The minimum Gasteiger partial charge on any atom is -0.307 e. The number of nitrogens with one attached hydrogen (secondary N) is 1. The van der Waals surface area contributed by atoms with Gasteiger partial charge in [-0.25, -0.2) is 0 Å². The second kappa shape index (κ2) is 6.50. The Bertz CT molecular complexity index is 444. The molecule has 0 aliphatic carbocycles. The Morgan fingerprint density at radius 1 is 1.19 bits per heavy atom. The molecule has 1 aromatic rings. The van der Waals surface area contributed by atoms with Crippen LogP contribution in [-0.4, -0.2) is 31.1 Å². The summed E-state index contributed by atoms with van der Waals surface area (Å²) in [7, 11) is 2.22. The molecule has 118 valence electrons. The van der Waals surface area contributed by atoms with Crippen molar-refractivity contribution in [3.05, 3.63) is 35.4 Å². The first-order chi connectivity index (χ1) is 9.77. The minimum atomic E-state index is 0.234. The fraction of sp³-hybridized carbons (Fsp3) is 0.684. The maximum absolute atomic E-state index is 3.84. The number of nitrogens with zero attached hydrogens (tertiary/aromatic N) is 1. The van der Waals surface area contributed by atoms with Crippen molar-refractivity contribution in [2.24, 2.45) is 5.92 Å². The number of hydrogen-bond donors (Lipinski definition) is 1. The summed E-state index contributed by atoms with van der Waals surface area (Å²) >= 11 is 0. The molecule has 0 saturated carbocycles. The predicted octanol–water partition coefficient (Wildman–Crippen LogP) is 3.97. The number of benzene rings is 1. The van der Waals surface area contributed by atoms with Crippen molar-refractivity contribution < 1.29 is 0 Å². The summed E-state index contributed by atoms with van der Waals surface area (Å²) in [6.07, 6.45) is 1.25. The number of piperidine rings is 1. The van der Waals surface area contributed by atoms with E-state index in [9.17, 15) is 0 Å². The van der Waals surface area contributed by atoms with Crippen LogP contribution in [0.4, 0.5) is 0 Å².